The van der Waals surface area contributed by atoms with Gasteiger partial charge < -0.3 is 38.3 Å². The molecule has 2 aliphatic heterocycles. The van der Waals surface area contributed by atoms with Gasteiger partial charge in [0.1, 0.15) is 24.4 Å². The summed E-state index contributed by atoms with van der Waals surface area (Å²) < 4.78 is 43.1. The van der Waals surface area contributed by atoms with E-state index in [0.717, 1.165) is 11.1 Å². The minimum Gasteiger partial charge on any atom is -0.374 e. The minimum atomic E-state index is -1.74. The summed E-state index contributed by atoms with van der Waals surface area (Å²) in [6.07, 6.45) is -1.35. The number of fused-ring (bicyclic) bond motifs is 1. The van der Waals surface area contributed by atoms with E-state index in [0.29, 0.717) is 6.61 Å². The summed E-state index contributed by atoms with van der Waals surface area (Å²) in [6.45, 7) is 8.07. The van der Waals surface area contributed by atoms with Crippen LogP contribution in [0, 0.1) is 0 Å². The number of hydrogen-bond acceptors (Lipinski definition) is 8. The first kappa shape index (κ1) is 27.9. The van der Waals surface area contributed by atoms with Crippen LogP contribution < -0.4 is 0 Å². The highest BCUT2D eigenvalue weighted by molar-refractivity contribution is 5.15. The zero-order chi connectivity index (χ0) is 26.5. The molecule has 1 unspecified atom stereocenters. The van der Waals surface area contributed by atoms with E-state index in [1.807, 2.05) is 60.7 Å². The van der Waals surface area contributed by atoms with Gasteiger partial charge in [-0.3, -0.25) is 0 Å². The molecule has 8 nitrogen and oxygen atoms in total. The van der Waals surface area contributed by atoms with Gasteiger partial charge in [-0.15, -0.1) is 6.58 Å². The molecule has 0 bridgehead atoms. The van der Waals surface area contributed by atoms with Crippen LogP contribution in [0.1, 0.15) is 31.4 Å². The minimum absolute atomic E-state index is 0.111. The van der Waals surface area contributed by atoms with Gasteiger partial charge in [0, 0.05) is 20.6 Å². The van der Waals surface area contributed by atoms with Gasteiger partial charge in [0.05, 0.1) is 19.8 Å². The van der Waals surface area contributed by atoms with Crippen molar-refractivity contribution in [1.29, 1.82) is 0 Å². The zero-order valence-corrected chi connectivity index (χ0v) is 22.0. The lowest BCUT2D eigenvalue weighted by Crippen LogP contribution is -2.75. The third-order valence-corrected chi connectivity index (χ3v) is 7.22. The van der Waals surface area contributed by atoms with Crippen LogP contribution in [-0.2, 0) is 46.4 Å². The standard InChI is InChI=1S/C29H38O8/c1-6-17-29(30)26(34-19-22-15-11-8-12-16-22)25-24(36-27(2,31-4)28(3,32-5)37-25)23(35-29)20-33-18-21-13-9-7-10-14-21/h6-16,23-26,30H,1,17-20H2,2-5H3/t23-,24-,25+,26-,27+,28+,29?/m1/s1. The molecule has 37 heavy (non-hydrogen) atoms. The van der Waals surface area contributed by atoms with Crippen molar-refractivity contribution >= 4 is 0 Å². The van der Waals surface area contributed by atoms with Gasteiger partial charge in [-0.25, -0.2) is 0 Å². The van der Waals surface area contributed by atoms with Crippen molar-refractivity contribution in [3.63, 3.8) is 0 Å². The number of hydrogen-bond donors (Lipinski definition) is 1. The van der Waals surface area contributed by atoms with Crippen LogP contribution in [0.5, 0.6) is 0 Å². The maximum atomic E-state index is 11.8. The summed E-state index contributed by atoms with van der Waals surface area (Å²) >= 11 is 0. The largest absolute Gasteiger partial charge is 0.374 e. The molecule has 0 radical (unpaired) electrons. The molecule has 4 rings (SSSR count). The van der Waals surface area contributed by atoms with Crippen LogP contribution in [-0.4, -0.2) is 67.7 Å². The molecule has 0 amide bonds. The third kappa shape index (κ3) is 5.82. The summed E-state index contributed by atoms with van der Waals surface area (Å²) in [5, 5.41) is 11.8. The van der Waals surface area contributed by atoms with Crippen LogP contribution in [0.15, 0.2) is 73.3 Å². The van der Waals surface area contributed by atoms with E-state index in [9.17, 15) is 5.11 Å². The first-order chi connectivity index (χ1) is 17.8. The van der Waals surface area contributed by atoms with E-state index < -0.39 is 41.8 Å². The second-order valence-electron chi connectivity index (χ2n) is 9.68. The topological polar surface area (TPSA) is 84.8 Å². The van der Waals surface area contributed by atoms with Crippen LogP contribution in [0.25, 0.3) is 0 Å². The summed E-state index contributed by atoms with van der Waals surface area (Å²) in [4.78, 5) is 0. The molecule has 2 aliphatic rings. The molecular formula is C29H38O8. The van der Waals surface area contributed by atoms with Gasteiger partial charge in [0.15, 0.2) is 5.79 Å². The Balaban J connectivity index is 1.63. The quantitative estimate of drug-likeness (QED) is 0.451. The first-order valence-electron chi connectivity index (χ1n) is 12.5. The second-order valence-corrected chi connectivity index (χ2v) is 9.68. The highest BCUT2D eigenvalue weighted by Crippen LogP contribution is 2.47. The lowest BCUT2D eigenvalue weighted by Gasteiger charge is -2.59. The number of aliphatic hydroxyl groups is 1. The molecule has 2 saturated heterocycles. The summed E-state index contributed by atoms with van der Waals surface area (Å²) in [6, 6.07) is 19.5. The van der Waals surface area contributed by atoms with E-state index in [-0.39, 0.29) is 19.6 Å². The Morgan fingerprint density at radius 3 is 1.92 bits per heavy atom. The highest BCUT2D eigenvalue weighted by atomic mass is 16.8. The van der Waals surface area contributed by atoms with E-state index >= 15 is 0 Å². The predicted octanol–water partition coefficient (Wildman–Crippen LogP) is 3.96. The maximum absolute atomic E-state index is 11.8. The Hall–Kier alpha value is -2.14. The Bertz CT molecular complexity index is 1000. The van der Waals surface area contributed by atoms with Crippen molar-refractivity contribution in [3.05, 3.63) is 84.4 Å². The molecule has 202 valence electrons. The number of methoxy groups -OCH3 is 2. The van der Waals surface area contributed by atoms with Crippen molar-refractivity contribution < 1.29 is 38.3 Å². The fourth-order valence-electron chi connectivity index (χ4n) is 4.86. The molecule has 0 aliphatic carbocycles. The van der Waals surface area contributed by atoms with Crippen molar-refractivity contribution in [2.45, 2.75) is 75.3 Å². The maximum Gasteiger partial charge on any atom is 0.220 e. The molecule has 2 aromatic carbocycles. The molecule has 2 fully saturated rings. The van der Waals surface area contributed by atoms with Crippen molar-refractivity contribution in [3.8, 4) is 0 Å². The first-order valence-corrected chi connectivity index (χ1v) is 12.5. The molecular weight excluding hydrogens is 476 g/mol. The molecule has 8 heteroatoms. The highest BCUT2D eigenvalue weighted by Gasteiger charge is 2.65. The lowest BCUT2D eigenvalue weighted by molar-refractivity contribution is -0.491. The molecule has 2 aromatic rings. The molecule has 0 saturated carbocycles. The average Bonchev–Trinajstić information content (AvgIpc) is 2.91. The van der Waals surface area contributed by atoms with Gasteiger partial charge in [-0.1, -0.05) is 66.7 Å². The predicted molar refractivity (Wildman–Crippen MR) is 136 cm³/mol. The van der Waals surface area contributed by atoms with E-state index in [4.69, 9.17) is 33.2 Å². The van der Waals surface area contributed by atoms with Gasteiger partial charge >= 0.3 is 0 Å². The Morgan fingerprint density at radius 1 is 0.838 bits per heavy atom. The SMILES string of the molecule is C=CCC1(O)O[C@H](COCc2ccccc2)[C@H]2O[C@](C)(OC)[C@@](C)(OC)O[C@@H]2[C@H]1OCc1ccccc1. The van der Waals surface area contributed by atoms with Gasteiger partial charge in [0.25, 0.3) is 0 Å². The summed E-state index contributed by atoms with van der Waals surface area (Å²) in [5.74, 6) is -4.29. The lowest BCUT2D eigenvalue weighted by atomic mass is 9.87. The van der Waals surface area contributed by atoms with Crippen LogP contribution in [0.4, 0.5) is 0 Å². The number of benzene rings is 2. The van der Waals surface area contributed by atoms with Crippen molar-refractivity contribution in [1.82, 2.24) is 0 Å². The molecule has 1 N–H and O–H groups in total. The Labute approximate surface area is 219 Å². The van der Waals surface area contributed by atoms with Crippen LogP contribution in [0.3, 0.4) is 0 Å². The zero-order valence-electron chi connectivity index (χ0n) is 22.0. The normalized spacial score (nSPS) is 35.6. The van der Waals surface area contributed by atoms with E-state index in [1.54, 1.807) is 19.9 Å². The Kier molecular flexibility index (Phi) is 8.83. The number of ether oxygens (including phenoxy) is 7. The summed E-state index contributed by atoms with van der Waals surface area (Å²) in [5.41, 5.74) is 1.97. The summed E-state index contributed by atoms with van der Waals surface area (Å²) in [7, 11) is 3.06. The van der Waals surface area contributed by atoms with Gasteiger partial charge in [0.2, 0.25) is 11.6 Å². The van der Waals surface area contributed by atoms with Crippen LogP contribution >= 0.6 is 0 Å². The van der Waals surface area contributed by atoms with E-state index in [1.165, 1.54) is 14.2 Å². The van der Waals surface area contributed by atoms with E-state index in [2.05, 4.69) is 6.58 Å². The fraction of sp³-hybridized carbons (Fsp3) is 0.517. The fourth-order valence-corrected chi connectivity index (χ4v) is 4.86. The van der Waals surface area contributed by atoms with Gasteiger partial charge in [-0.05, 0) is 25.0 Å². The average molecular weight is 515 g/mol. The second kappa shape index (κ2) is 11.7. The molecule has 2 heterocycles. The van der Waals surface area contributed by atoms with Crippen molar-refractivity contribution in [2.75, 3.05) is 20.8 Å². The van der Waals surface area contributed by atoms with Crippen molar-refractivity contribution in [2.24, 2.45) is 0 Å². The third-order valence-electron chi connectivity index (χ3n) is 7.22. The Morgan fingerprint density at radius 2 is 1.38 bits per heavy atom. The molecule has 0 aromatic heterocycles. The molecule has 7 atom stereocenters. The number of rotatable bonds is 11. The molecule has 0 spiro atoms. The monoisotopic (exact) mass is 514 g/mol. The van der Waals surface area contributed by atoms with Gasteiger partial charge in [-0.2, -0.15) is 0 Å². The smallest absolute Gasteiger partial charge is 0.220 e. The van der Waals surface area contributed by atoms with Crippen LogP contribution in [0.2, 0.25) is 0 Å².